The van der Waals surface area contributed by atoms with Gasteiger partial charge in [-0.25, -0.2) is 0 Å². The van der Waals surface area contributed by atoms with E-state index < -0.39 is 0 Å². The monoisotopic (exact) mass is 276 g/mol. The summed E-state index contributed by atoms with van der Waals surface area (Å²) in [6, 6.07) is 11.0. The van der Waals surface area contributed by atoms with Gasteiger partial charge in [0.1, 0.15) is 0 Å². The molecule has 0 heteroatoms. The van der Waals surface area contributed by atoms with Crippen LogP contribution in [0.3, 0.4) is 0 Å². The van der Waals surface area contributed by atoms with E-state index in [1.54, 1.807) is 5.57 Å². The van der Waals surface area contributed by atoms with Gasteiger partial charge in [-0.15, -0.1) is 0 Å². The molecule has 0 amide bonds. The van der Waals surface area contributed by atoms with Crippen molar-refractivity contribution in [3.05, 3.63) is 82.0 Å². The maximum atomic E-state index is 2.41. The lowest BCUT2D eigenvalue weighted by Gasteiger charge is -2.26. The predicted molar refractivity (Wildman–Crippen MR) is 91.3 cm³/mol. The lowest BCUT2D eigenvalue weighted by Crippen LogP contribution is -2.11. The first-order chi connectivity index (χ1) is 10.1. The molecule has 1 unspecified atom stereocenters. The molecule has 2 aliphatic rings. The first-order valence-corrected chi connectivity index (χ1v) is 7.93. The summed E-state index contributed by atoms with van der Waals surface area (Å²) in [4.78, 5) is 0. The minimum atomic E-state index is 0.411. The van der Waals surface area contributed by atoms with Crippen LogP contribution in [0.1, 0.15) is 45.6 Å². The fourth-order valence-corrected chi connectivity index (χ4v) is 3.58. The van der Waals surface area contributed by atoms with Crippen molar-refractivity contribution >= 4 is 0 Å². The highest BCUT2D eigenvalue weighted by molar-refractivity contribution is 5.62. The molecule has 1 aromatic carbocycles. The predicted octanol–water partition coefficient (Wildman–Crippen LogP) is 5.96. The van der Waals surface area contributed by atoms with Gasteiger partial charge < -0.3 is 0 Å². The van der Waals surface area contributed by atoms with E-state index in [4.69, 9.17) is 0 Å². The maximum Gasteiger partial charge on any atom is 0.0310 e. The van der Waals surface area contributed by atoms with Gasteiger partial charge in [-0.05, 0) is 48.5 Å². The molecule has 0 aliphatic heterocycles. The first-order valence-electron chi connectivity index (χ1n) is 7.93. The average molecular weight is 276 g/mol. The van der Waals surface area contributed by atoms with E-state index in [-0.39, 0.29) is 0 Å². The zero-order chi connectivity index (χ0) is 15.0. The van der Waals surface area contributed by atoms with Crippen molar-refractivity contribution in [2.24, 2.45) is 5.92 Å². The molecule has 0 spiro atoms. The highest BCUT2D eigenvalue weighted by atomic mass is 14.3. The minimum absolute atomic E-state index is 0.411. The highest BCUT2D eigenvalue weighted by Crippen LogP contribution is 2.47. The topological polar surface area (TPSA) is 0 Å². The summed E-state index contributed by atoms with van der Waals surface area (Å²) >= 11 is 0. The molecule has 0 radical (unpaired) electrons. The molecule has 3 rings (SSSR count). The summed E-state index contributed by atoms with van der Waals surface area (Å²) in [6.45, 7) is 9.16. The van der Waals surface area contributed by atoms with Gasteiger partial charge >= 0.3 is 0 Å². The molecule has 2 aliphatic carbocycles. The van der Waals surface area contributed by atoms with Crippen LogP contribution in [-0.4, -0.2) is 0 Å². The zero-order valence-electron chi connectivity index (χ0n) is 13.5. The van der Waals surface area contributed by atoms with Crippen molar-refractivity contribution < 1.29 is 0 Å². The second-order valence-electron chi connectivity index (χ2n) is 6.53. The van der Waals surface area contributed by atoms with Gasteiger partial charge in [0.05, 0.1) is 0 Å². The van der Waals surface area contributed by atoms with Crippen molar-refractivity contribution in [2.75, 3.05) is 0 Å². The Labute approximate surface area is 128 Å². The molecule has 0 nitrogen and oxygen atoms in total. The molecule has 0 heterocycles. The average Bonchev–Trinajstić information content (AvgIpc) is 2.77. The number of allylic oxidation sites excluding steroid dienone is 8. The summed E-state index contributed by atoms with van der Waals surface area (Å²) in [5, 5.41) is 0. The van der Waals surface area contributed by atoms with Crippen molar-refractivity contribution in [3.8, 4) is 0 Å². The van der Waals surface area contributed by atoms with Gasteiger partial charge in [0.25, 0.3) is 0 Å². The third-order valence-electron chi connectivity index (χ3n) is 4.73. The van der Waals surface area contributed by atoms with Crippen molar-refractivity contribution in [1.82, 2.24) is 0 Å². The maximum absolute atomic E-state index is 2.41. The SMILES string of the molecule is CC1=CC=C(C(C)C)C(c2ccccc2)C2=C(C)CC=C12. The van der Waals surface area contributed by atoms with E-state index in [1.807, 2.05) is 0 Å². The molecule has 0 bridgehead atoms. The third-order valence-corrected chi connectivity index (χ3v) is 4.73. The van der Waals surface area contributed by atoms with Crippen LogP contribution in [0.4, 0.5) is 0 Å². The molecular formula is C21H24. The molecule has 0 aromatic heterocycles. The van der Waals surface area contributed by atoms with Gasteiger partial charge in [-0.1, -0.05) is 73.6 Å². The summed E-state index contributed by atoms with van der Waals surface area (Å²) in [5.41, 5.74) is 8.89. The van der Waals surface area contributed by atoms with Crippen LogP contribution in [0.2, 0.25) is 0 Å². The van der Waals surface area contributed by atoms with Crippen molar-refractivity contribution in [2.45, 2.75) is 40.0 Å². The molecule has 1 aromatic rings. The number of benzene rings is 1. The standard InChI is InChI=1S/C21H24/c1-14(2)18-12-10-15(3)19-13-11-16(4)20(19)21(18)17-8-6-5-7-9-17/h5-10,12-14,21H,11H2,1-4H3. The summed E-state index contributed by atoms with van der Waals surface area (Å²) in [5.74, 6) is 0.966. The Balaban J connectivity index is 2.22. The van der Waals surface area contributed by atoms with Crippen LogP contribution in [0.5, 0.6) is 0 Å². The summed E-state index contributed by atoms with van der Waals surface area (Å²) in [7, 11) is 0. The van der Waals surface area contributed by atoms with Crippen molar-refractivity contribution in [3.63, 3.8) is 0 Å². The van der Waals surface area contributed by atoms with E-state index in [0.29, 0.717) is 11.8 Å². The first kappa shape index (κ1) is 14.1. The second kappa shape index (κ2) is 5.52. The molecule has 0 fully saturated rings. The Morgan fingerprint density at radius 1 is 1.00 bits per heavy atom. The molecule has 108 valence electrons. The summed E-state index contributed by atoms with van der Waals surface area (Å²) in [6.07, 6.45) is 8.17. The second-order valence-corrected chi connectivity index (χ2v) is 6.53. The van der Waals surface area contributed by atoms with E-state index >= 15 is 0 Å². The van der Waals surface area contributed by atoms with E-state index in [9.17, 15) is 0 Å². The number of fused-ring (bicyclic) bond motifs is 1. The Hall–Kier alpha value is -1.82. The van der Waals surface area contributed by atoms with Gasteiger partial charge in [0.2, 0.25) is 0 Å². The third kappa shape index (κ3) is 2.44. The van der Waals surface area contributed by atoms with Gasteiger partial charge in [0, 0.05) is 5.92 Å². The molecule has 0 N–H and O–H groups in total. The Kier molecular flexibility index (Phi) is 3.71. The van der Waals surface area contributed by atoms with Crippen LogP contribution >= 0.6 is 0 Å². The van der Waals surface area contributed by atoms with Crippen LogP contribution in [0, 0.1) is 5.92 Å². The number of rotatable bonds is 2. The minimum Gasteiger partial charge on any atom is -0.0726 e. The van der Waals surface area contributed by atoms with Crippen LogP contribution in [0.25, 0.3) is 0 Å². The molecule has 1 atom stereocenters. The Morgan fingerprint density at radius 2 is 1.71 bits per heavy atom. The van der Waals surface area contributed by atoms with Crippen LogP contribution in [0.15, 0.2) is 76.4 Å². The lowest BCUT2D eigenvalue weighted by molar-refractivity contribution is 0.697. The number of hydrogen-bond acceptors (Lipinski definition) is 0. The highest BCUT2D eigenvalue weighted by Gasteiger charge is 2.30. The normalized spacial score (nSPS) is 21.8. The summed E-state index contributed by atoms with van der Waals surface area (Å²) < 4.78 is 0. The number of hydrogen-bond donors (Lipinski definition) is 0. The molecular weight excluding hydrogens is 252 g/mol. The van der Waals surface area contributed by atoms with Gasteiger partial charge in [-0.2, -0.15) is 0 Å². The smallest absolute Gasteiger partial charge is 0.0310 e. The quantitative estimate of drug-likeness (QED) is 0.625. The van der Waals surface area contributed by atoms with E-state index in [0.717, 1.165) is 6.42 Å². The fourth-order valence-electron chi connectivity index (χ4n) is 3.58. The van der Waals surface area contributed by atoms with E-state index in [1.165, 1.54) is 27.9 Å². The van der Waals surface area contributed by atoms with Crippen LogP contribution < -0.4 is 0 Å². The molecule has 0 saturated heterocycles. The zero-order valence-corrected chi connectivity index (χ0v) is 13.5. The van der Waals surface area contributed by atoms with Crippen LogP contribution in [-0.2, 0) is 0 Å². The molecule has 0 saturated carbocycles. The van der Waals surface area contributed by atoms with Crippen molar-refractivity contribution in [1.29, 1.82) is 0 Å². The van der Waals surface area contributed by atoms with Gasteiger partial charge in [-0.3, -0.25) is 0 Å². The van der Waals surface area contributed by atoms with E-state index in [2.05, 4.69) is 76.3 Å². The van der Waals surface area contributed by atoms with Gasteiger partial charge in [0.15, 0.2) is 0 Å². The Morgan fingerprint density at radius 3 is 2.38 bits per heavy atom. The fraction of sp³-hybridized carbons (Fsp3) is 0.333. The Bertz CT molecular complexity index is 663. The lowest BCUT2D eigenvalue weighted by atomic mass is 9.77. The molecule has 21 heavy (non-hydrogen) atoms. The largest absolute Gasteiger partial charge is 0.0726 e.